The first-order valence-corrected chi connectivity index (χ1v) is 7.34. The van der Waals surface area contributed by atoms with Gasteiger partial charge in [0, 0.05) is 6.61 Å². The average Bonchev–Trinajstić information content (AvgIpc) is 2.88. The molecule has 1 aliphatic carbocycles. The summed E-state index contributed by atoms with van der Waals surface area (Å²) in [5, 5.41) is 4.07. The van der Waals surface area contributed by atoms with Crippen molar-refractivity contribution in [1.82, 2.24) is 10.1 Å². The Morgan fingerprint density at radius 2 is 2.11 bits per heavy atom. The van der Waals surface area contributed by atoms with Crippen molar-refractivity contribution in [2.75, 3.05) is 13.2 Å². The SMILES string of the molecule is CCCOCCc1nc(C2(N)CCC(C)CC2)no1. The summed E-state index contributed by atoms with van der Waals surface area (Å²) >= 11 is 0. The zero-order chi connectivity index (χ0) is 13.7. The van der Waals surface area contributed by atoms with Gasteiger partial charge >= 0.3 is 0 Å². The molecule has 108 valence electrons. The molecule has 0 aromatic carbocycles. The van der Waals surface area contributed by atoms with Crippen LogP contribution in [0.5, 0.6) is 0 Å². The molecule has 1 aliphatic rings. The molecule has 0 saturated heterocycles. The fourth-order valence-corrected chi connectivity index (χ4v) is 2.47. The van der Waals surface area contributed by atoms with Gasteiger partial charge in [-0.1, -0.05) is 19.0 Å². The normalized spacial score (nSPS) is 27.6. The van der Waals surface area contributed by atoms with E-state index in [1.54, 1.807) is 0 Å². The number of ether oxygens (including phenoxy) is 1. The lowest BCUT2D eigenvalue weighted by atomic mass is 9.77. The van der Waals surface area contributed by atoms with Crippen molar-refractivity contribution in [1.29, 1.82) is 0 Å². The summed E-state index contributed by atoms with van der Waals surface area (Å²) in [5.41, 5.74) is 6.03. The Balaban J connectivity index is 1.89. The highest BCUT2D eigenvalue weighted by atomic mass is 16.5. The third kappa shape index (κ3) is 3.76. The van der Waals surface area contributed by atoms with Crippen LogP contribution in [0, 0.1) is 5.92 Å². The number of nitrogens with two attached hydrogens (primary N) is 1. The van der Waals surface area contributed by atoms with E-state index in [-0.39, 0.29) is 0 Å². The monoisotopic (exact) mass is 267 g/mol. The first-order chi connectivity index (χ1) is 9.14. The van der Waals surface area contributed by atoms with E-state index in [0.717, 1.165) is 44.6 Å². The van der Waals surface area contributed by atoms with E-state index in [4.69, 9.17) is 15.0 Å². The molecule has 0 radical (unpaired) electrons. The summed E-state index contributed by atoms with van der Waals surface area (Å²) < 4.78 is 10.7. The third-order valence-electron chi connectivity index (χ3n) is 3.89. The van der Waals surface area contributed by atoms with E-state index < -0.39 is 5.54 Å². The van der Waals surface area contributed by atoms with Crippen LogP contribution in [-0.2, 0) is 16.7 Å². The molecule has 19 heavy (non-hydrogen) atoms. The predicted octanol–water partition coefficient (Wildman–Crippen LogP) is 2.40. The van der Waals surface area contributed by atoms with Crippen LogP contribution in [0.15, 0.2) is 4.52 Å². The van der Waals surface area contributed by atoms with Gasteiger partial charge in [0.05, 0.1) is 18.6 Å². The summed E-state index contributed by atoms with van der Waals surface area (Å²) in [6, 6.07) is 0. The summed E-state index contributed by atoms with van der Waals surface area (Å²) in [6.45, 7) is 5.77. The van der Waals surface area contributed by atoms with Gasteiger partial charge in [-0.3, -0.25) is 0 Å². The first kappa shape index (κ1) is 14.5. The molecule has 0 spiro atoms. The summed E-state index contributed by atoms with van der Waals surface area (Å²) in [7, 11) is 0. The van der Waals surface area contributed by atoms with Crippen LogP contribution in [0.4, 0.5) is 0 Å². The van der Waals surface area contributed by atoms with Gasteiger partial charge in [-0.15, -0.1) is 0 Å². The second-order valence-electron chi connectivity index (χ2n) is 5.71. The van der Waals surface area contributed by atoms with Gasteiger partial charge in [0.2, 0.25) is 5.89 Å². The highest BCUT2D eigenvalue weighted by Crippen LogP contribution is 2.35. The van der Waals surface area contributed by atoms with Gasteiger partial charge in [-0.05, 0) is 38.0 Å². The fourth-order valence-electron chi connectivity index (χ4n) is 2.47. The van der Waals surface area contributed by atoms with Crippen LogP contribution in [-0.4, -0.2) is 23.4 Å². The van der Waals surface area contributed by atoms with Crippen LogP contribution in [0.3, 0.4) is 0 Å². The molecule has 0 aliphatic heterocycles. The summed E-state index contributed by atoms with van der Waals surface area (Å²) in [4.78, 5) is 4.45. The minimum atomic E-state index is -0.390. The average molecular weight is 267 g/mol. The summed E-state index contributed by atoms with van der Waals surface area (Å²) in [5.74, 6) is 2.06. The molecular formula is C14H25N3O2. The smallest absolute Gasteiger partial charge is 0.229 e. The number of aromatic nitrogens is 2. The van der Waals surface area contributed by atoms with E-state index in [1.165, 1.54) is 0 Å². The van der Waals surface area contributed by atoms with Gasteiger partial charge in [0.1, 0.15) is 0 Å². The molecule has 2 rings (SSSR count). The Bertz CT molecular complexity index is 384. The molecule has 5 nitrogen and oxygen atoms in total. The van der Waals surface area contributed by atoms with Gasteiger partial charge in [-0.2, -0.15) is 4.98 Å². The Morgan fingerprint density at radius 1 is 1.37 bits per heavy atom. The maximum absolute atomic E-state index is 6.42. The predicted molar refractivity (Wildman–Crippen MR) is 72.6 cm³/mol. The molecule has 0 amide bonds. The molecule has 5 heteroatoms. The van der Waals surface area contributed by atoms with Gasteiger partial charge < -0.3 is 15.0 Å². The minimum Gasteiger partial charge on any atom is -0.381 e. The Labute approximate surface area is 114 Å². The van der Waals surface area contributed by atoms with Crippen LogP contribution < -0.4 is 5.73 Å². The van der Waals surface area contributed by atoms with Crippen molar-refractivity contribution in [2.45, 2.75) is 57.9 Å². The van der Waals surface area contributed by atoms with Crippen molar-refractivity contribution in [3.8, 4) is 0 Å². The van der Waals surface area contributed by atoms with Crippen LogP contribution in [0.25, 0.3) is 0 Å². The quantitative estimate of drug-likeness (QED) is 0.801. The van der Waals surface area contributed by atoms with Crippen molar-refractivity contribution < 1.29 is 9.26 Å². The lowest BCUT2D eigenvalue weighted by Crippen LogP contribution is -2.41. The molecule has 0 bridgehead atoms. The lowest BCUT2D eigenvalue weighted by Gasteiger charge is -2.33. The van der Waals surface area contributed by atoms with Crippen molar-refractivity contribution >= 4 is 0 Å². The van der Waals surface area contributed by atoms with E-state index in [9.17, 15) is 0 Å². The maximum Gasteiger partial charge on any atom is 0.229 e. The minimum absolute atomic E-state index is 0.390. The Hall–Kier alpha value is -0.940. The second kappa shape index (κ2) is 6.48. The van der Waals surface area contributed by atoms with E-state index >= 15 is 0 Å². The number of hydrogen-bond acceptors (Lipinski definition) is 5. The van der Waals surface area contributed by atoms with E-state index in [1.807, 2.05) is 0 Å². The Morgan fingerprint density at radius 3 is 2.79 bits per heavy atom. The number of nitrogens with zero attached hydrogens (tertiary/aromatic N) is 2. The molecule has 1 aromatic heterocycles. The van der Waals surface area contributed by atoms with E-state index in [0.29, 0.717) is 24.7 Å². The molecule has 2 N–H and O–H groups in total. The third-order valence-corrected chi connectivity index (χ3v) is 3.89. The Kier molecular flexibility index (Phi) is 4.93. The van der Waals surface area contributed by atoms with Crippen molar-refractivity contribution in [2.24, 2.45) is 11.7 Å². The maximum atomic E-state index is 6.42. The van der Waals surface area contributed by atoms with E-state index in [2.05, 4.69) is 24.0 Å². The molecular weight excluding hydrogens is 242 g/mol. The molecule has 0 unspecified atom stereocenters. The highest BCUT2D eigenvalue weighted by molar-refractivity contribution is 5.05. The first-order valence-electron chi connectivity index (χ1n) is 7.34. The molecule has 1 fully saturated rings. The topological polar surface area (TPSA) is 74.2 Å². The zero-order valence-corrected chi connectivity index (χ0v) is 12.0. The zero-order valence-electron chi connectivity index (χ0n) is 12.0. The lowest BCUT2D eigenvalue weighted by molar-refractivity contribution is 0.132. The van der Waals surface area contributed by atoms with Crippen LogP contribution >= 0.6 is 0 Å². The van der Waals surface area contributed by atoms with Crippen molar-refractivity contribution in [3.63, 3.8) is 0 Å². The van der Waals surface area contributed by atoms with Gasteiger partial charge in [0.25, 0.3) is 0 Å². The van der Waals surface area contributed by atoms with Crippen molar-refractivity contribution in [3.05, 3.63) is 11.7 Å². The molecule has 1 heterocycles. The number of rotatable bonds is 6. The van der Waals surface area contributed by atoms with Gasteiger partial charge in [0.15, 0.2) is 5.82 Å². The van der Waals surface area contributed by atoms with Crippen LogP contribution in [0.2, 0.25) is 0 Å². The molecule has 1 aromatic rings. The largest absolute Gasteiger partial charge is 0.381 e. The fraction of sp³-hybridized carbons (Fsp3) is 0.857. The molecule has 1 saturated carbocycles. The molecule has 0 atom stereocenters. The second-order valence-corrected chi connectivity index (χ2v) is 5.71. The standard InChI is InChI=1S/C14H25N3O2/c1-3-9-18-10-6-12-16-13(17-19-12)14(15)7-4-11(2)5-8-14/h11H,3-10,15H2,1-2H3. The number of hydrogen-bond donors (Lipinski definition) is 1. The summed E-state index contributed by atoms with van der Waals surface area (Å²) in [6.07, 6.45) is 5.86. The highest BCUT2D eigenvalue weighted by Gasteiger charge is 2.36. The van der Waals surface area contributed by atoms with Crippen LogP contribution in [0.1, 0.15) is 57.7 Å². The van der Waals surface area contributed by atoms with Gasteiger partial charge in [-0.25, -0.2) is 0 Å².